The van der Waals surface area contributed by atoms with Crippen molar-refractivity contribution in [2.24, 2.45) is 0 Å². The molecule has 0 radical (unpaired) electrons. The third-order valence-corrected chi connectivity index (χ3v) is 9.69. The van der Waals surface area contributed by atoms with Crippen LogP contribution in [0.1, 0.15) is 97.1 Å². The minimum absolute atomic E-state index is 0. The standard InChI is InChI=1S/C24H39N6P.2CHF3O3S.Fe/c1-10-28-13-19(16(4)5)25-22(28)31(23-26-20(17(6)7)14-29(23)11-2)24-27-21(18(8)9)15-30(24)12-3;2*2-1(3,4)8(5,6)7;/h13-18H,10-12H2,1-9H3;2*(H,5,6,7);/q;;;+2/p-2. The van der Waals surface area contributed by atoms with Gasteiger partial charge in [0.15, 0.2) is 20.2 Å². The van der Waals surface area contributed by atoms with Crippen molar-refractivity contribution >= 4 is 44.9 Å². The molecule has 0 aromatic carbocycles. The van der Waals surface area contributed by atoms with Gasteiger partial charge in [-0.25, -0.2) is 31.8 Å². The topological polar surface area (TPSA) is 168 Å². The Kier molecular flexibility index (Phi) is 17.0. The van der Waals surface area contributed by atoms with E-state index in [0.29, 0.717) is 17.8 Å². The predicted octanol–water partition coefficient (Wildman–Crippen LogP) is 4.56. The summed E-state index contributed by atoms with van der Waals surface area (Å²) in [5.41, 5.74) is -4.56. The molecule has 3 aromatic rings. The second kappa shape index (κ2) is 17.8. The van der Waals surface area contributed by atoms with Crippen LogP contribution in [0.5, 0.6) is 0 Å². The van der Waals surface area contributed by atoms with Gasteiger partial charge in [-0.3, -0.25) is 0 Å². The molecule has 0 amide bonds. The van der Waals surface area contributed by atoms with Crippen LogP contribution in [0.3, 0.4) is 0 Å². The normalized spacial score (nSPS) is 12.6. The third-order valence-electron chi connectivity index (χ3n) is 6.29. The van der Waals surface area contributed by atoms with Gasteiger partial charge in [-0.15, -0.1) is 0 Å². The van der Waals surface area contributed by atoms with E-state index >= 15 is 0 Å². The van der Waals surface area contributed by atoms with Crippen molar-refractivity contribution in [1.82, 2.24) is 28.7 Å². The van der Waals surface area contributed by atoms with Gasteiger partial charge in [0.1, 0.15) is 24.6 Å². The van der Waals surface area contributed by atoms with E-state index in [0.717, 1.165) is 53.4 Å². The van der Waals surface area contributed by atoms with Crippen LogP contribution in [0.15, 0.2) is 18.6 Å². The Balaban J connectivity index is 0.00000108. The molecule has 0 aliphatic heterocycles. The summed E-state index contributed by atoms with van der Waals surface area (Å²) in [5, 5.41) is 0. The SMILES string of the molecule is CCn1cc(C(C)C)nc1P(c1nc(C(C)C)cn1CC)c1nc(C(C)C)cn1CC.O=S(=O)([O-])C(F)(F)F.O=S(=O)([O-])C(F)(F)F.[Fe+2]. The zero-order chi connectivity index (χ0) is 36.9. The number of hydrogen-bond acceptors (Lipinski definition) is 9. The largest absolute Gasteiger partial charge is 2.00 e. The quantitative estimate of drug-likeness (QED) is 0.0992. The van der Waals surface area contributed by atoms with Gasteiger partial charge in [0, 0.05) is 38.2 Å². The predicted molar refractivity (Wildman–Crippen MR) is 163 cm³/mol. The van der Waals surface area contributed by atoms with Crippen LogP contribution in [0.2, 0.25) is 0 Å². The third kappa shape index (κ3) is 12.1. The Labute approximate surface area is 288 Å². The Bertz CT molecular complexity index is 1520. The van der Waals surface area contributed by atoms with E-state index in [2.05, 4.69) is 94.6 Å². The molecule has 0 spiro atoms. The molecule has 0 aliphatic carbocycles. The van der Waals surface area contributed by atoms with E-state index in [4.69, 9.17) is 40.9 Å². The molecule has 0 saturated heterocycles. The molecule has 3 heterocycles. The fourth-order valence-electron chi connectivity index (χ4n) is 3.61. The van der Waals surface area contributed by atoms with Crippen LogP contribution < -0.4 is 16.7 Å². The average Bonchev–Trinajstić information content (AvgIpc) is 3.65. The molecule has 3 aromatic heterocycles. The molecule has 0 saturated carbocycles. The minimum atomic E-state index is -6.09. The molecular weight excluding hydrogens is 757 g/mol. The van der Waals surface area contributed by atoms with Crippen LogP contribution in [-0.2, 0) is 56.9 Å². The van der Waals surface area contributed by atoms with Crippen molar-refractivity contribution in [2.45, 2.75) is 111 Å². The van der Waals surface area contributed by atoms with E-state index in [1.807, 2.05) is 0 Å². The number of aryl methyl sites for hydroxylation is 3. The zero-order valence-corrected chi connectivity index (χ0v) is 31.2. The fraction of sp³-hybridized carbons (Fsp3) is 0.654. The van der Waals surface area contributed by atoms with Crippen LogP contribution >= 0.6 is 7.92 Å². The molecule has 48 heavy (non-hydrogen) atoms. The second-order valence-corrected chi connectivity index (χ2v) is 15.5. The van der Waals surface area contributed by atoms with Gasteiger partial charge in [-0.05, 0) is 38.5 Å². The molecule has 0 bridgehead atoms. The van der Waals surface area contributed by atoms with Crippen molar-refractivity contribution in [1.29, 1.82) is 0 Å². The summed E-state index contributed by atoms with van der Waals surface area (Å²) in [6.07, 6.45) is 6.67. The van der Waals surface area contributed by atoms with Crippen molar-refractivity contribution in [3.05, 3.63) is 35.7 Å². The number of imidazole rings is 3. The van der Waals surface area contributed by atoms with Gasteiger partial charge in [0.2, 0.25) is 0 Å². The molecule has 22 heteroatoms. The maximum Gasteiger partial charge on any atom is 2.00 e. The maximum absolute atomic E-state index is 10.7. The van der Waals surface area contributed by atoms with E-state index in [1.54, 1.807) is 0 Å². The van der Waals surface area contributed by atoms with Crippen molar-refractivity contribution in [3.8, 4) is 0 Å². The smallest absolute Gasteiger partial charge is 0.741 e. The molecule has 0 atom stereocenters. The van der Waals surface area contributed by atoms with Crippen LogP contribution in [-0.4, -0.2) is 65.6 Å². The van der Waals surface area contributed by atoms with Crippen LogP contribution in [0.25, 0.3) is 0 Å². The number of halogens is 6. The van der Waals surface area contributed by atoms with Crippen molar-refractivity contribution < 1.29 is 69.4 Å². The van der Waals surface area contributed by atoms with Gasteiger partial charge in [-0.1, -0.05) is 41.5 Å². The van der Waals surface area contributed by atoms with Crippen molar-refractivity contribution in [3.63, 3.8) is 0 Å². The van der Waals surface area contributed by atoms with E-state index in [-0.39, 0.29) is 17.1 Å². The Morgan fingerprint density at radius 1 is 0.604 bits per heavy atom. The molecule has 12 nitrogen and oxygen atoms in total. The van der Waals surface area contributed by atoms with Gasteiger partial charge < -0.3 is 22.8 Å². The molecule has 0 aliphatic rings. The van der Waals surface area contributed by atoms with E-state index in [1.165, 1.54) is 0 Å². The first-order chi connectivity index (χ1) is 21.2. The molecule has 0 N–H and O–H groups in total. The Morgan fingerprint density at radius 3 is 0.917 bits per heavy atom. The molecule has 276 valence electrons. The first kappa shape index (κ1) is 46.0. The number of rotatable bonds is 9. The number of hydrogen-bond donors (Lipinski definition) is 0. The zero-order valence-electron chi connectivity index (χ0n) is 27.6. The number of alkyl halides is 6. The second-order valence-electron chi connectivity index (χ2n) is 10.9. The first-order valence-corrected chi connectivity index (χ1v) is 18.4. The van der Waals surface area contributed by atoms with Crippen molar-refractivity contribution in [2.75, 3.05) is 0 Å². The van der Waals surface area contributed by atoms with Crippen LogP contribution in [0, 0.1) is 0 Å². The summed E-state index contributed by atoms with van der Waals surface area (Å²) >= 11 is 0. The minimum Gasteiger partial charge on any atom is -0.741 e. The number of aromatic nitrogens is 6. The molecule has 0 fully saturated rings. The van der Waals surface area contributed by atoms with Crippen LogP contribution in [0.4, 0.5) is 26.3 Å². The Morgan fingerprint density at radius 2 is 0.792 bits per heavy atom. The maximum atomic E-state index is 10.7. The summed E-state index contributed by atoms with van der Waals surface area (Å²) in [6, 6.07) is 0. The summed E-state index contributed by atoms with van der Waals surface area (Å²) in [5.74, 6) is 1.16. The number of nitrogens with zero attached hydrogens (tertiary/aromatic N) is 6. The molecule has 3 rings (SSSR count). The van der Waals surface area contributed by atoms with Gasteiger partial charge >= 0.3 is 28.1 Å². The van der Waals surface area contributed by atoms with E-state index < -0.39 is 39.2 Å². The van der Waals surface area contributed by atoms with Gasteiger partial charge in [0.05, 0.1) is 17.1 Å². The van der Waals surface area contributed by atoms with E-state index in [9.17, 15) is 26.3 Å². The van der Waals surface area contributed by atoms with Gasteiger partial charge in [0.25, 0.3) is 0 Å². The molecular formula is C26H39F6FeN6O6PS2. The Hall–Kier alpha value is -2.02. The monoisotopic (exact) mass is 796 g/mol. The fourth-order valence-corrected chi connectivity index (χ4v) is 6.17. The average molecular weight is 797 g/mol. The summed E-state index contributed by atoms with van der Waals surface area (Å²) in [7, 11) is -13.2. The van der Waals surface area contributed by atoms with Gasteiger partial charge in [-0.2, -0.15) is 26.3 Å². The summed E-state index contributed by atoms with van der Waals surface area (Å²) in [6.45, 7) is 22.5. The summed E-state index contributed by atoms with van der Waals surface area (Å²) in [4.78, 5) is 15.5. The first-order valence-electron chi connectivity index (χ1n) is 14.3. The summed E-state index contributed by atoms with van der Waals surface area (Å²) < 4.78 is 125. The molecule has 0 unspecified atom stereocenters.